The Morgan fingerprint density at radius 2 is 2.11 bits per heavy atom. The van der Waals surface area contributed by atoms with Gasteiger partial charge in [-0.1, -0.05) is 6.07 Å². The number of hydrogen-bond acceptors (Lipinski definition) is 2. The van der Waals surface area contributed by atoms with Crippen LogP contribution >= 0.6 is 0 Å². The highest BCUT2D eigenvalue weighted by molar-refractivity contribution is 5.73. The maximum absolute atomic E-state index is 13.1. The minimum absolute atomic E-state index is 0.275. The molecule has 1 aromatic carbocycles. The zero-order valence-electron chi connectivity index (χ0n) is 11.1. The molecule has 0 aromatic heterocycles. The largest absolute Gasteiger partial charge is 0.481 e. The fourth-order valence-corrected chi connectivity index (χ4v) is 1.66. The Hall–Kier alpha value is -1.58. The van der Waals surface area contributed by atoms with E-state index in [0.717, 1.165) is 12.2 Å². The summed E-state index contributed by atoms with van der Waals surface area (Å²) in [5, 5.41) is 9.06. The molecule has 0 amide bonds. The first-order chi connectivity index (χ1) is 8.36. The molecule has 0 aliphatic carbocycles. The third-order valence-corrected chi connectivity index (χ3v) is 3.14. The fourth-order valence-electron chi connectivity index (χ4n) is 1.66. The molecular weight excluding hydrogens is 233 g/mol. The van der Waals surface area contributed by atoms with Gasteiger partial charge < -0.3 is 10.0 Å². The van der Waals surface area contributed by atoms with E-state index >= 15 is 0 Å². The van der Waals surface area contributed by atoms with Crippen molar-refractivity contribution >= 4 is 11.7 Å². The average Bonchev–Trinajstić information content (AvgIpc) is 2.29. The van der Waals surface area contributed by atoms with Crippen LogP contribution in [0.1, 0.15) is 27.2 Å². The lowest BCUT2D eigenvalue weighted by Crippen LogP contribution is -2.32. The van der Waals surface area contributed by atoms with Gasteiger partial charge in [-0.3, -0.25) is 4.79 Å². The molecule has 0 saturated carbocycles. The van der Waals surface area contributed by atoms with E-state index in [4.69, 9.17) is 5.11 Å². The molecule has 3 nitrogen and oxygen atoms in total. The van der Waals surface area contributed by atoms with Crippen LogP contribution in [0.3, 0.4) is 0 Å². The summed E-state index contributed by atoms with van der Waals surface area (Å²) in [4.78, 5) is 13.0. The van der Waals surface area contributed by atoms with Gasteiger partial charge in [0.05, 0.1) is 5.41 Å². The lowest BCUT2D eigenvalue weighted by molar-refractivity contribution is -0.147. The minimum atomic E-state index is -0.808. The molecule has 0 radical (unpaired) electrons. The van der Waals surface area contributed by atoms with Crippen LogP contribution in [-0.4, -0.2) is 24.2 Å². The van der Waals surface area contributed by atoms with Crippen LogP contribution < -0.4 is 4.90 Å². The third-order valence-electron chi connectivity index (χ3n) is 3.14. The Balaban J connectivity index is 2.72. The molecule has 0 aliphatic heterocycles. The van der Waals surface area contributed by atoms with Crippen molar-refractivity contribution in [2.45, 2.75) is 27.2 Å². The number of carbonyl (C=O) groups is 1. The summed E-state index contributed by atoms with van der Waals surface area (Å²) in [6.07, 6.45) is 0.521. The zero-order chi connectivity index (χ0) is 13.8. The summed E-state index contributed by atoms with van der Waals surface area (Å²) in [5.74, 6) is -1.08. The number of anilines is 1. The number of hydrogen-bond donors (Lipinski definition) is 1. The molecule has 0 saturated heterocycles. The van der Waals surface area contributed by atoms with Crippen LogP contribution in [0.15, 0.2) is 24.3 Å². The quantitative estimate of drug-likeness (QED) is 0.846. The third kappa shape index (κ3) is 3.72. The van der Waals surface area contributed by atoms with Crippen molar-refractivity contribution in [1.82, 2.24) is 0 Å². The van der Waals surface area contributed by atoms with Crippen molar-refractivity contribution < 1.29 is 14.3 Å². The second-order valence-corrected chi connectivity index (χ2v) is 5.00. The maximum Gasteiger partial charge on any atom is 0.309 e. The highest BCUT2D eigenvalue weighted by atomic mass is 19.1. The van der Waals surface area contributed by atoms with Gasteiger partial charge in [-0.05, 0) is 45.4 Å². The van der Waals surface area contributed by atoms with Crippen LogP contribution in [0.25, 0.3) is 0 Å². The minimum Gasteiger partial charge on any atom is -0.481 e. The van der Waals surface area contributed by atoms with Gasteiger partial charge in [0.1, 0.15) is 5.82 Å². The van der Waals surface area contributed by atoms with Crippen LogP contribution in [0.2, 0.25) is 0 Å². The second kappa shape index (κ2) is 5.85. The molecule has 1 N–H and O–H groups in total. The number of benzene rings is 1. The number of aliphatic carboxylic acids is 1. The first kappa shape index (κ1) is 14.5. The molecule has 18 heavy (non-hydrogen) atoms. The molecule has 0 unspecified atom stereocenters. The van der Waals surface area contributed by atoms with Crippen molar-refractivity contribution in [2.75, 3.05) is 18.0 Å². The van der Waals surface area contributed by atoms with E-state index in [0.29, 0.717) is 13.0 Å². The van der Waals surface area contributed by atoms with E-state index in [-0.39, 0.29) is 5.82 Å². The van der Waals surface area contributed by atoms with Gasteiger partial charge in [0, 0.05) is 18.8 Å². The normalized spacial score (nSPS) is 11.3. The number of carboxylic acid groups (broad SMARTS) is 1. The Morgan fingerprint density at radius 1 is 1.44 bits per heavy atom. The van der Waals surface area contributed by atoms with Crippen molar-refractivity contribution in [3.63, 3.8) is 0 Å². The number of halogens is 1. The Kier molecular flexibility index (Phi) is 4.70. The lowest BCUT2D eigenvalue weighted by Gasteiger charge is -2.27. The molecule has 1 aromatic rings. The Morgan fingerprint density at radius 3 is 2.61 bits per heavy atom. The lowest BCUT2D eigenvalue weighted by atomic mass is 9.89. The predicted octanol–water partition coefficient (Wildman–Crippen LogP) is 3.15. The molecule has 100 valence electrons. The van der Waals surface area contributed by atoms with E-state index in [1.807, 2.05) is 17.9 Å². The van der Waals surface area contributed by atoms with Gasteiger partial charge in [0.15, 0.2) is 0 Å². The van der Waals surface area contributed by atoms with Crippen molar-refractivity contribution in [2.24, 2.45) is 5.41 Å². The van der Waals surface area contributed by atoms with Crippen molar-refractivity contribution in [3.05, 3.63) is 30.1 Å². The van der Waals surface area contributed by atoms with Gasteiger partial charge >= 0.3 is 5.97 Å². The van der Waals surface area contributed by atoms with Crippen LogP contribution in [0.4, 0.5) is 10.1 Å². The smallest absolute Gasteiger partial charge is 0.309 e. The molecular formula is C14H20FNO2. The van der Waals surface area contributed by atoms with Crippen molar-refractivity contribution in [3.8, 4) is 0 Å². The topological polar surface area (TPSA) is 40.5 Å². The van der Waals surface area contributed by atoms with Crippen molar-refractivity contribution in [1.29, 1.82) is 0 Å². The molecule has 1 rings (SSSR count). The molecule has 0 atom stereocenters. The molecule has 0 spiro atoms. The summed E-state index contributed by atoms with van der Waals surface area (Å²) in [7, 11) is 0. The van der Waals surface area contributed by atoms with Gasteiger partial charge in [-0.2, -0.15) is 0 Å². The summed E-state index contributed by atoms with van der Waals surface area (Å²) in [6.45, 7) is 6.70. The summed E-state index contributed by atoms with van der Waals surface area (Å²) in [6, 6.07) is 6.37. The van der Waals surface area contributed by atoms with E-state index < -0.39 is 11.4 Å². The molecule has 0 heterocycles. The predicted molar refractivity (Wildman–Crippen MR) is 70.3 cm³/mol. The maximum atomic E-state index is 13.1. The second-order valence-electron chi connectivity index (χ2n) is 5.00. The molecule has 0 fully saturated rings. The molecule has 0 bridgehead atoms. The summed E-state index contributed by atoms with van der Waals surface area (Å²) >= 11 is 0. The van der Waals surface area contributed by atoms with Gasteiger partial charge in [-0.15, -0.1) is 0 Å². The first-order valence-electron chi connectivity index (χ1n) is 6.10. The van der Waals surface area contributed by atoms with Crippen LogP contribution in [-0.2, 0) is 4.79 Å². The fraction of sp³-hybridized carbons (Fsp3) is 0.500. The Bertz CT molecular complexity index is 418. The summed E-state index contributed by atoms with van der Waals surface area (Å²) < 4.78 is 13.1. The number of carboxylic acids is 1. The SMILES string of the molecule is CCN(CCC(C)(C)C(=O)O)c1cccc(F)c1. The number of rotatable bonds is 6. The first-order valence-corrected chi connectivity index (χ1v) is 6.10. The van der Waals surface area contributed by atoms with E-state index in [1.54, 1.807) is 19.9 Å². The highest BCUT2D eigenvalue weighted by Gasteiger charge is 2.27. The van der Waals surface area contributed by atoms with E-state index in [1.165, 1.54) is 12.1 Å². The zero-order valence-corrected chi connectivity index (χ0v) is 11.1. The average molecular weight is 253 g/mol. The van der Waals surface area contributed by atoms with Gasteiger partial charge in [-0.25, -0.2) is 4.39 Å². The van der Waals surface area contributed by atoms with E-state index in [9.17, 15) is 9.18 Å². The van der Waals surface area contributed by atoms with Gasteiger partial charge in [0.2, 0.25) is 0 Å². The van der Waals surface area contributed by atoms with Crippen LogP contribution in [0.5, 0.6) is 0 Å². The molecule has 0 aliphatic rings. The standard InChI is InChI=1S/C14H20FNO2/c1-4-16(9-8-14(2,3)13(17)18)12-7-5-6-11(15)10-12/h5-7,10H,4,8-9H2,1-3H3,(H,17,18). The van der Waals surface area contributed by atoms with Crippen LogP contribution in [0, 0.1) is 11.2 Å². The summed E-state index contributed by atoms with van der Waals surface area (Å²) in [5.41, 5.74) is 0.0273. The van der Waals surface area contributed by atoms with E-state index in [2.05, 4.69) is 0 Å². The highest BCUT2D eigenvalue weighted by Crippen LogP contribution is 2.23. The Labute approximate surface area is 107 Å². The monoisotopic (exact) mass is 253 g/mol. The van der Waals surface area contributed by atoms with Gasteiger partial charge in [0.25, 0.3) is 0 Å². The number of nitrogens with zero attached hydrogens (tertiary/aromatic N) is 1. The molecule has 4 heteroatoms.